The number of amides is 1. The van der Waals surface area contributed by atoms with E-state index in [9.17, 15) is 4.79 Å². The molecular weight excluding hydrogens is 310 g/mol. The zero-order valence-corrected chi connectivity index (χ0v) is 13.8. The van der Waals surface area contributed by atoms with Gasteiger partial charge in [0.2, 0.25) is 11.1 Å². The number of hydrogen-bond donors (Lipinski definition) is 1. The number of carbonyl (C=O) groups is 1. The molecule has 6 nitrogen and oxygen atoms in total. The summed E-state index contributed by atoms with van der Waals surface area (Å²) in [6.07, 6.45) is 7.20. The van der Waals surface area contributed by atoms with Crippen LogP contribution >= 0.6 is 11.8 Å². The topological polar surface area (TPSA) is 77.0 Å². The van der Waals surface area contributed by atoms with Crippen molar-refractivity contribution in [3.63, 3.8) is 0 Å². The summed E-state index contributed by atoms with van der Waals surface area (Å²) in [4.78, 5) is 14.8. The molecule has 1 heterocycles. The summed E-state index contributed by atoms with van der Waals surface area (Å²) >= 11 is 1.32. The zero-order chi connectivity index (χ0) is 16.1. The Kier molecular flexibility index (Phi) is 5.17. The molecular formula is C16H21N5OS. The molecule has 0 spiro atoms. The smallest absolute Gasteiger partial charge is 0.237 e. The maximum Gasteiger partial charge on any atom is 0.237 e. The number of anilines is 1. The summed E-state index contributed by atoms with van der Waals surface area (Å²) in [5.74, 6) is 6.10. The number of rotatable bonds is 5. The van der Waals surface area contributed by atoms with Crippen molar-refractivity contribution in [1.29, 1.82) is 0 Å². The van der Waals surface area contributed by atoms with Crippen molar-refractivity contribution in [2.24, 2.45) is 0 Å². The van der Waals surface area contributed by atoms with Crippen LogP contribution in [0.3, 0.4) is 0 Å². The lowest BCUT2D eigenvalue weighted by Gasteiger charge is -2.34. The first-order chi connectivity index (χ1) is 11.3. The zero-order valence-electron chi connectivity index (χ0n) is 13.0. The maximum atomic E-state index is 12.9. The third kappa shape index (κ3) is 3.85. The van der Waals surface area contributed by atoms with Gasteiger partial charge in [-0.3, -0.25) is 4.79 Å². The first-order valence-corrected chi connectivity index (χ1v) is 8.89. The summed E-state index contributed by atoms with van der Waals surface area (Å²) in [5, 5.41) is 8.20. The lowest BCUT2D eigenvalue weighted by atomic mass is 9.93. The lowest BCUT2D eigenvalue weighted by molar-refractivity contribution is -0.116. The van der Waals surface area contributed by atoms with Crippen LogP contribution in [0, 0.1) is 0 Å². The second-order valence-electron chi connectivity index (χ2n) is 5.70. The van der Waals surface area contributed by atoms with Crippen molar-refractivity contribution in [3.8, 4) is 0 Å². The van der Waals surface area contributed by atoms with E-state index in [1.165, 1.54) is 42.0 Å². The molecule has 1 saturated carbocycles. The predicted octanol–water partition coefficient (Wildman–Crippen LogP) is 2.45. The number of aromatic nitrogens is 3. The van der Waals surface area contributed by atoms with Crippen LogP contribution in [-0.2, 0) is 4.79 Å². The number of nitrogen functional groups attached to an aromatic ring is 1. The Bertz CT molecular complexity index is 639. The minimum atomic E-state index is 0.0936. The van der Waals surface area contributed by atoms with Gasteiger partial charge in [0.25, 0.3) is 0 Å². The van der Waals surface area contributed by atoms with Gasteiger partial charge >= 0.3 is 0 Å². The summed E-state index contributed by atoms with van der Waals surface area (Å²) < 4.78 is 1.34. The first kappa shape index (κ1) is 15.9. The molecule has 1 fully saturated rings. The van der Waals surface area contributed by atoms with Crippen molar-refractivity contribution in [2.75, 3.05) is 16.5 Å². The summed E-state index contributed by atoms with van der Waals surface area (Å²) in [6.45, 7) is 0. The number of carbonyl (C=O) groups excluding carboxylic acids is 1. The molecule has 0 saturated heterocycles. The second-order valence-corrected chi connectivity index (χ2v) is 6.64. The van der Waals surface area contributed by atoms with Gasteiger partial charge < -0.3 is 10.7 Å². The van der Waals surface area contributed by atoms with E-state index in [-0.39, 0.29) is 11.9 Å². The fraction of sp³-hybridized carbons (Fsp3) is 0.438. The Labute approximate surface area is 140 Å². The van der Waals surface area contributed by atoms with Crippen molar-refractivity contribution in [1.82, 2.24) is 14.9 Å². The minimum absolute atomic E-state index is 0.0936. The van der Waals surface area contributed by atoms with Crippen LogP contribution in [0.2, 0.25) is 0 Å². The number of para-hydroxylation sites is 1. The highest BCUT2D eigenvalue weighted by molar-refractivity contribution is 7.99. The Morgan fingerprint density at radius 2 is 2.00 bits per heavy atom. The van der Waals surface area contributed by atoms with Gasteiger partial charge in [-0.1, -0.05) is 49.2 Å². The molecule has 122 valence electrons. The fourth-order valence-corrected chi connectivity index (χ4v) is 3.71. The Hall–Kier alpha value is -2.02. The minimum Gasteiger partial charge on any atom is -0.336 e. The molecule has 3 rings (SSSR count). The van der Waals surface area contributed by atoms with E-state index in [1.54, 1.807) is 0 Å². The predicted molar refractivity (Wildman–Crippen MR) is 91.7 cm³/mol. The van der Waals surface area contributed by atoms with Crippen LogP contribution in [0.4, 0.5) is 5.69 Å². The number of thioether (sulfide) groups is 1. The van der Waals surface area contributed by atoms with Crippen LogP contribution < -0.4 is 10.7 Å². The first-order valence-electron chi connectivity index (χ1n) is 7.90. The van der Waals surface area contributed by atoms with Crippen molar-refractivity contribution in [3.05, 3.63) is 36.7 Å². The average Bonchev–Trinajstić information content (AvgIpc) is 3.00. The van der Waals surface area contributed by atoms with E-state index in [0.717, 1.165) is 18.5 Å². The molecule has 1 aliphatic rings. The molecule has 0 bridgehead atoms. The van der Waals surface area contributed by atoms with E-state index in [1.807, 2.05) is 35.2 Å². The molecule has 0 unspecified atom stereocenters. The molecule has 0 atom stereocenters. The van der Waals surface area contributed by atoms with Crippen molar-refractivity contribution in [2.45, 2.75) is 43.3 Å². The Morgan fingerprint density at radius 1 is 1.26 bits per heavy atom. The highest BCUT2D eigenvalue weighted by Gasteiger charge is 2.27. The van der Waals surface area contributed by atoms with E-state index < -0.39 is 0 Å². The lowest BCUT2D eigenvalue weighted by Crippen LogP contribution is -2.42. The largest absolute Gasteiger partial charge is 0.336 e. The Morgan fingerprint density at radius 3 is 2.65 bits per heavy atom. The average molecular weight is 331 g/mol. The van der Waals surface area contributed by atoms with Crippen LogP contribution in [0.5, 0.6) is 0 Å². The van der Waals surface area contributed by atoms with Gasteiger partial charge in [0, 0.05) is 11.7 Å². The van der Waals surface area contributed by atoms with Gasteiger partial charge in [-0.05, 0) is 25.0 Å². The third-order valence-electron chi connectivity index (χ3n) is 4.11. The SMILES string of the molecule is Nn1cnnc1SCC(=O)N(c1ccccc1)C1CCCCC1. The molecule has 2 aromatic rings. The van der Waals surface area contributed by atoms with Gasteiger partial charge in [0.1, 0.15) is 6.33 Å². The number of benzene rings is 1. The van der Waals surface area contributed by atoms with Crippen LogP contribution in [0.1, 0.15) is 32.1 Å². The quantitative estimate of drug-likeness (QED) is 0.673. The highest BCUT2D eigenvalue weighted by atomic mass is 32.2. The van der Waals surface area contributed by atoms with Crippen molar-refractivity contribution < 1.29 is 4.79 Å². The van der Waals surface area contributed by atoms with E-state index in [2.05, 4.69) is 10.2 Å². The molecule has 1 amide bonds. The van der Waals surface area contributed by atoms with E-state index in [4.69, 9.17) is 5.84 Å². The fourth-order valence-electron chi connectivity index (χ4n) is 3.02. The van der Waals surface area contributed by atoms with Gasteiger partial charge in [0.15, 0.2) is 0 Å². The van der Waals surface area contributed by atoms with Crippen LogP contribution in [0.25, 0.3) is 0 Å². The molecule has 0 radical (unpaired) electrons. The van der Waals surface area contributed by atoms with Gasteiger partial charge in [-0.15, -0.1) is 10.2 Å². The summed E-state index contributed by atoms with van der Waals surface area (Å²) in [6, 6.07) is 10.2. The summed E-state index contributed by atoms with van der Waals surface area (Å²) in [5.41, 5.74) is 0.971. The third-order valence-corrected chi connectivity index (χ3v) is 5.05. The van der Waals surface area contributed by atoms with E-state index >= 15 is 0 Å². The van der Waals surface area contributed by atoms with Gasteiger partial charge in [-0.2, -0.15) is 0 Å². The maximum absolute atomic E-state index is 12.9. The Balaban J connectivity index is 1.74. The van der Waals surface area contributed by atoms with Crippen molar-refractivity contribution >= 4 is 23.4 Å². The van der Waals surface area contributed by atoms with Crippen LogP contribution in [-0.4, -0.2) is 32.6 Å². The molecule has 1 aromatic carbocycles. The summed E-state index contributed by atoms with van der Waals surface area (Å²) in [7, 11) is 0. The normalized spacial score (nSPS) is 15.5. The molecule has 7 heteroatoms. The number of nitrogens with two attached hydrogens (primary N) is 1. The second kappa shape index (κ2) is 7.50. The number of nitrogens with zero attached hydrogens (tertiary/aromatic N) is 4. The number of hydrogen-bond acceptors (Lipinski definition) is 5. The standard InChI is InChI=1S/C16H21N5OS/c17-20-12-18-19-16(20)23-11-15(22)21(13-7-3-1-4-8-13)14-9-5-2-6-10-14/h1,3-4,7-8,12,14H,2,5-6,9-11,17H2. The molecule has 0 aliphatic heterocycles. The molecule has 1 aromatic heterocycles. The molecule has 2 N–H and O–H groups in total. The monoisotopic (exact) mass is 331 g/mol. The van der Waals surface area contributed by atoms with E-state index in [0.29, 0.717) is 10.9 Å². The van der Waals surface area contributed by atoms with Gasteiger partial charge in [0.05, 0.1) is 5.75 Å². The van der Waals surface area contributed by atoms with Gasteiger partial charge in [-0.25, -0.2) is 4.68 Å². The highest BCUT2D eigenvalue weighted by Crippen LogP contribution is 2.28. The van der Waals surface area contributed by atoms with Crippen LogP contribution in [0.15, 0.2) is 41.8 Å². The molecule has 23 heavy (non-hydrogen) atoms. The molecule has 1 aliphatic carbocycles.